The first-order valence-corrected chi connectivity index (χ1v) is 7.25. The molecule has 22 heavy (non-hydrogen) atoms. The third-order valence-corrected chi connectivity index (χ3v) is 3.71. The van der Waals surface area contributed by atoms with E-state index in [1.807, 2.05) is 6.92 Å². The lowest BCUT2D eigenvalue weighted by atomic mass is 10.1. The minimum absolute atomic E-state index is 0.0629. The van der Waals surface area contributed by atoms with Gasteiger partial charge >= 0.3 is 0 Å². The smallest absolute Gasteiger partial charge is 0.255 e. The molecule has 1 amide bonds. The predicted molar refractivity (Wildman–Crippen MR) is 81.1 cm³/mol. The summed E-state index contributed by atoms with van der Waals surface area (Å²) in [7, 11) is 0. The third-order valence-electron chi connectivity index (χ3n) is 3.71. The van der Waals surface area contributed by atoms with Crippen molar-refractivity contribution in [2.45, 2.75) is 6.92 Å². The number of halogens is 1. The molecule has 0 saturated carbocycles. The van der Waals surface area contributed by atoms with Crippen molar-refractivity contribution in [1.82, 2.24) is 9.88 Å². The van der Waals surface area contributed by atoms with Crippen LogP contribution < -0.4 is 0 Å². The highest BCUT2D eigenvalue weighted by molar-refractivity contribution is 5.94. The maximum absolute atomic E-state index is 13.9. The van der Waals surface area contributed by atoms with Gasteiger partial charge in [0, 0.05) is 24.8 Å². The lowest BCUT2D eigenvalue weighted by Gasteiger charge is -2.26. The van der Waals surface area contributed by atoms with Gasteiger partial charge in [0.15, 0.2) is 0 Å². The van der Waals surface area contributed by atoms with Crippen molar-refractivity contribution in [2.75, 3.05) is 26.3 Å². The molecule has 4 nitrogen and oxygen atoms in total. The van der Waals surface area contributed by atoms with E-state index in [0.29, 0.717) is 43.1 Å². The van der Waals surface area contributed by atoms with Crippen molar-refractivity contribution in [3.8, 4) is 11.3 Å². The molecule has 5 heteroatoms. The molecule has 0 atom stereocenters. The Morgan fingerprint density at radius 1 is 1.23 bits per heavy atom. The van der Waals surface area contributed by atoms with E-state index in [0.717, 1.165) is 5.56 Å². The number of rotatable bonds is 2. The first kappa shape index (κ1) is 14.7. The zero-order valence-electron chi connectivity index (χ0n) is 12.4. The molecule has 1 aliphatic rings. The molecule has 2 aromatic rings. The van der Waals surface area contributed by atoms with Gasteiger partial charge < -0.3 is 9.64 Å². The molecule has 1 saturated heterocycles. The van der Waals surface area contributed by atoms with E-state index >= 15 is 0 Å². The Balaban J connectivity index is 1.83. The van der Waals surface area contributed by atoms with E-state index in [2.05, 4.69) is 4.98 Å². The predicted octanol–water partition coefficient (Wildman–Crippen LogP) is 2.67. The lowest BCUT2D eigenvalue weighted by Crippen LogP contribution is -2.40. The number of ether oxygens (including phenoxy) is 1. The fraction of sp³-hybridized carbons (Fsp3) is 0.294. The van der Waals surface area contributed by atoms with Crippen molar-refractivity contribution in [1.29, 1.82) is 0 Å². The van der Waals surface area contributed by atoms with E-state index in [1.54, 1.807) is 29.2 Å². The van der Waals surface area contributed by atoms with Gasteiger partial charge in [-0.1, -0.05) is 11.6 Å². The van der Waals surface area contributed by atoms with Crippen molar-refractivity contribution >= 4 is 5.91 Å². The number of amides is 1. The average molecular weight is 300 g/mol. The van der Waals surface area contributed by atoms with Crippen LogP contribution in [-0.4, -0.2) is 42.1 Å². The summed E-state index contributed by atoms with van der Waals surface area (Å²) in [5.41, 5.74) is 2.45. The summed E-state index contributed by atoms with van der Waals surface area (Å²) in [5.74, 6) is -0.377. The Hall–Kier alpha value is -2.27. The number of pyridine rings is 1. The molecule has 0 unspecified atom stereocenters. The van der Waals surface area contributed by atoms with Crippen LogP contribution in [0.4, 0.5) is 4.39 Å². The summed E-state index contributed by atoms with van der Waals surface area (Å²) in [6.45, 7) is 4.21. The highest BCUT2D eigenvalue weighted by Gasteiger charge is 2.19. The Bertz CT molecular complexity index is 680. The quantitative estimate of drug-likeness (QED) is 0.856. The summed E-state index contributed by atoms with van der Waals surface area (Å²) < 4.78 is 19.1. The summed E-state index contributed by atoms with van der Waals surface area (Å²) in [6.07, 6.45) is 1.51. The molecule has 0 aliphatic carbocycles. The fourth-order valence-corrected chi connectivity index (χ4v) is 2.46. The molecule has 2 heterocycles. The van der Waals surface area contributed by atoms with Gasteiger partial charge in [0.2, 0.25) is 0 Å². The van der Waals surface area contributed by atoms with Crippen LogP contribution in [0.1, 0.15) is 15.9 Å². The number of morpholine rings is 1. The van der Waals surface area contributed by atoms with Gasteiger partial charge in [-0.25, -0.2) is 4.39 Å². The number of hydrogen-bond donors (Lipinski definition) is 0. The molecular weight excluding hydrogens is 283 g/mol. The van der Waals surface area contributed by atoms with Gasteiger partial charge in [-0.05, 0) is 31.2 Å². The SMILES string of the molecule is Cc1ccc(F)c(-c2ccc(C(=O)N3CCOCC3)cn2)c1. The first-order valence-electron chi connectivity index (χ1n) is 7.25. The topological polar surface area (TPSA) is 42.4 Å². The summed E-state index contributed by atoms with van der Waals surface area (Å²) >= 11 is 0. The standard InChI is InChI=1S/C17H17FN2O2/c1-12-2-4-15(18)14(10-12)16-5-3-13(11-19-16)17(21)20-6-8-22-9-7-20/h2-5,10-11H,6-9H2,1H3. The van der Waals surface area contributed by atoms with Crippen LogP contribution in [0, 0.1) is 12.7 Å². The van der Waals surface area contributed by atoms with Crippen LogP contribution in [0.5, 0.6) is 0 Å². The summed E-state index contributed by atoms with van der Waals surface area (Å²) in [4.78, 5) is 18.3. The van der Waals surface area contributed by atoms with Crippen LogP contribution in [0.25, 0.3) is 11.3 Å². The zero-order chi connectivity index (χ0) is 15.5. The lowest BCUT2D eigenvalue weighted by molar-refractivity contribution is 0.0302. The van der Waals surface area contributed by atoms with Crippen molar-refractivity contribution < 1.29 is 13.9 Å². The highest BCUT2D eigenvalue weighted by Crippen LogP contribution is 2.22. The number of aromatic nitrogens is 1. The second-order valence-corrected chi connectivity index (χ2v) is 5.32. The van der Waals surface area contributed by atoms with E-state index in [-0.39, 0.29) is 11.7 Å². The van der Waals surface area contributed by atoms with E-state index in [4.69, 9.17) is 4.74 Å². The largest absolute Gasteiger partial charge is 0.378 e. The minimum Gasteiger partial charge on any atom is -0.378 e. The Morgan fingerprint density at radius 3 is 2.68 bits per heavy atom. The molecule has 0 radical (unpaired) electrons. The second-order valence-electron chi connectivity index (χ2n) is 5.32. The molecule has 1 aromatic heterocycles. The molecule has 3 rings (SSSR count). The van der Waals surface area contributed by atoms with Crippen molar-refractivity contribution in [3.63, 3.8) is 0 Å². The zero-order valence-corrected chi connectivity index (χ0v) is 12.4. The Labute approximate surface area is 128 Å². The maximum Gasteiger partial charge on any atom is 0.255 e. The second kappa shape index (κ2) is 6.23. The highest BCUT2D eigenvalue weighted by atomic mass is 19.1. The number of benzene rings is 1. The van der Waals surface area contributed by atoms with Crippen LogP contribution in [0.2, 0.25) is 0 Å². The molecule has 0 N–H and O–H groups in total. The van der Waals surface area contributed by atoms with Crippen LogP contribution >= 0.6 is 0 Å². The number of hydrogen-bond acceptors (Lipinski definition) is 3. The molecule has 1 fully saturated rings. The molecule has 1 aromatic carbocycles. The van der Waals surface area contributed by atoms with Crippen molar-refractivity contribution in [3.05, 3.63) is 53.5 Å². The Kier molecular flexibility index (Phi) is 4.15. The number of carbonyl (C=O) groups is 1. The van der Waals surface area contributed by atoms with E-state index < -0.39 is 0 Å². The van der Waals surface area contributed by atoms with Crippen LogP contribution in [0.15, 0.2) is 36.5 Å². The normalized spacial score (nSPS) is 14.9. The molecule has 0 spiro atoms. The van der Waals surface area contributed by atoms with Gasteiger partial charge in [-0.15, -0.1) is 0 Å². The van der Waals surface area contributed by atoms with E-state index in [1.165, 1.54) is 12.3 Å². The van der Waals surface area contributed by atoms with Crippen molar-refractivity contribution in [2.24, 2.45) is 0 Å². The first-order chi connectivity index (χ1) is 10.6. The molecule has 114 valence electrons. The van der Waals surface area contributed by atoms with Gasteiger partial charge in [0.1, 0.15) is 5.82 Å². The van der Waals surface area contributed by atoms with Gasteiger partial charge in [0.05, 0.1) is 24.5 Å². The number of aryl methyl sites for hydroxylation is 1. The summed E-state index contributed by atoms with van der Waals surface area (Å²) in [6, 6.07) is 8.28. The number of carbonyl (C=O) groups excluding carboxylic acids is 1. The molecular formula is C17H17FN2O2. The molecule has 1 aliphatic heterocycles. The van der Waals surface area contributed by atoms with Gasteiger partial charge in [0.25, 0.3) is 5.91 Å². The molecule has 0 bridgehead atoms. The Morgan fingerprint density at radius 2 is 2.00 bits per heavy atom. The maximum atomic E-state index is 13.9. The average Bonchev–Trinajstić information content (AvgIpc) is 2.57. The van der Waals surface area contributed by atoms with Crippen LogP contribution in [0.3, 0.4) is 0 Å². The fourth-order valence-electron chi connectivity index (χ4n) is 2.46. The minimum atomic E-state index is -0.314. The van der Waals surface area contributed by atoms with Gasteiger partial charge in [-0.3, -0.25) is 9.78 Å². The third kappa shape index (κ3) is 2.99. The number of nitrogens with zero attached hydrogens (tertiary/aromatic N) is 2. The van der Waals surface area contributed by atoms with E-state index in [9.17, 15) is 9.18 Å². The monoisotopic (exact) mass is 300 g/mol. The van der Waals surface area contributed by atoms with Crippen LogP contribution in [-0.2, 0) is 4.74 Å². The summed E-state index contributed by atoms with van der Waals surface area (Å²) in [5, 5.41) is 0. The van der Waals surface area contributed by atoms with Gasteiger partial charge in [-0.2, -0.15) is 0 Å².